The third-order valence-electron chi connectivity index (χ3n) is 4.97. The van der Waals surface area contributed by atoms with Crippen LogP contribution < -0.4 is 0 Å². The number of benzene rings is 1. The summed E-state index contributed by atoms with van der Waals surface area (Å²) in [6.45, 7) is 9.20. The molecule has 3 saturated heterocycles. The van der Waals surface area contributed by atoms with E-state index in [1.54, 1.807) is 39.8 Å². The Kier molecular flexibility index (Phi) is 4.86. The summed E-state index contributed by atoms with van der Waals surface area (Å²) in [5, 5.41) is 0. The SMILES string of the molecule is Cc1ccc(S(=O)(=O)O[C@H]2[C@@H]3OC(C)(C)O[C@H]3O[C@H]2[C@@H]2COC(C)(C)O2)cc1. The van der Waals surface area contributed by atoms with Crippen LogP contribution in [0.25, 0.3) is 0 Å². The van der Waals surface area contributed by atoms with Crippen molar-refractivity contribution in [2.24, 2.45) is 0 Å². The molecule has 3 aliphatic rings. The predicted octanol–water partition coefficient (Wildman–Crippen LogP) is 2.10. The van der Waals surface area contributed by atoms with E-state index in [1.807, 2.05) is 6.92 Å². The Balaban J connectivity index is 1.61. The van der Waals surface area contributed by atoms with E-state index in [9.17, 15) is 8.42 Å². The maximum Gasteiger partial charge on any atom is 0.297 e. The van der Waals surface area contributed by atoms with Crippen molar-refractivity contribution in [3.63, 3.8) is 0 Å². The smallest absolute Gasteiger partial charge is 0.297 e. The number of fused-ring (bicyclic) bond motifs is 1. The highest BCUT2D eigenvalue weighted by atomic mass is 32.2. The Morgan fingerprint density at radius 2 is 1.64 bits per heavy atom. The number of hydrogen-bond donors (Lipinski definition) is 0. The molecule has 0 amide bonds. The number of aryl methyl sites for hydroxylation is 1. The van der Waals surface area contributed by atoms with Crippen molar-refractivity contribution in [1.29, 1.82) is 0 Å². The second-order valence-electron chi connectivity index (χ2n) is 8.26. The summed E-state index contributed by atoms with van der Waals surface area (Å²) in [5.41, 5.74) is 0.953. The van der Waals surface area contributed by atoms with Gasteiger partial charge in [0.1, 0.15) is 24.4 Å². The Bertz CT molecular complexity index is 832. The molecule has 156 valence electrons. The van der Waals surface area contributed by atoms with E-state index in [0.717, 1.165) is 5.56 Å². The molecule has 0 bridgehead atoms. The molecular weight excluding hydrogens is 388 g/mol. The molecule has 0 spiro atoms. The highest BCUT2D eigenvalue weighted by molar-refractivity contribution is 7.86. The molecule has 4 rings (SSSR count). The van der Waals surface area contributed by atoms with Gasteiger partial charge in [0.15, 0.2) is 17.9 Å². The van der Waals surface area contributed by atoms with Crippen molar-refractivity contribution in [3.8, 4) is 0 Å². The third kappa shape index (κ3) is 3.85. The van der Waals surface area contributed by atoms with E-state index in [0.29, 0.717) is 0 Å². The summed E-state index contributed by atoms with van der Waals surface area (Å²) in [4.78, 5) is 0.0717. The van der Waals surface area contributed by atoms with Crippen LogP contribution in [0.4, 0.5) is 0 Å². The van der Waals surface area contributed by atoms with Gasteiger partial charge < -0.3 is 23.7 Å². The van der Waals surface area contributed by atoms with Crippen LogP contribution in [0, 0.1) is 6.92 Å². The van der Waals surface area contributed by atoms with Gasteiger partial charge in [0.25, 0.3) is 10.1 Å². The molecule has 3 heterocycles. The number of hydrogen-bond acceptors (Lipinski definition) is 8. The molecule has 0 saturated carbocycles. The van der Waals surface area contributed by atoms with Crippen LogP contribution in [0.2, 0.25) is 0 Å². The van der Waals surface area contributed by atoms with Crippen LogP contribution in [-0.2, 0) is 38.0 Å². The maximum atomic E-state index is 12.9. The van der Waals surface area contributed by atoms with Crippen molar-refractivity contribution < 1.29 is 36.3 Å². The van der Waals surface area contributed by atoms with Gasteiger partial charge >= 0.3 is 0 Å². The second-order valence-corrected chi connectivity index (χ2v) is 9.84. The van der Waals surface area contributed by atoms with E-state index < -0.39 is 52.4 Å². The fourth-order valence-corrected chi connectivity index (χ4v) is 4.79. The quantitative estimate of drug-likeness (QED) is 0.692. The minimum absolute atomic E-state index is 0.0717. The monoisotopic (exact) mass is 414 g/mol. The Labute approximate surface area is 165 Å². The molecule has 0 aliphatic carbocycles. The molecule has 9 heteroatoms. The third-order valence-corrected chi connectivity index (χ3v) is 6.30. The summed E-state index contributed by atoms with van der Waals surface area (Å²) in [5.74, 6) is -1.69. The molecule has 0 unspecified atom stereocenters. The molecule has 0 radical (unpaired) electrons. The van der Waals surface area contributed by atoms with Crippen LogP contribution in [0.15, 0.2) is 29.2 Å². The summed E-state index contributed by atoms with van der Waals surface area (Å²) < 4.78 is 60.5. The van der Waals surface area contributed by atoms with Crippen LogP contribution in [0.1, 0.15) is 33.3 Å². The van der Waals surface area contributed by atoms with Gasteiger partial charge in [-0.2, -0.15) is 8.42 Å². The highest BCUT2D eigenvalue weighted by Gasteiger charge is 2.60. The summed E-state index contributed by atoms with van der Waals surface area (Å²) >= 11 is 0. The average Bonchev–Trinajstić information content (AvgIpc) is 3.18. The lowest BCUT2D eigenvalue weighted by atomic mass is 10.1. The largest absolute Gasteiger partial charge is 0.348 e. The molecule has 0 N–H and O–H groups in total. The minimum Gasteiger partial charge on any atom is -0.348 e. The first kappa shape index (κ1) is 20.2. The zero-order valence-electron chi connectivity index (χ0n) is 16.6. The first-order valence-electron chi connectivity index (χ1n) is 9.29. The van der Waals surface area contributed by atoms with Crippen LogP contribution in [0.3, 0.4) is 0 Å². The highest BCUT2D eigenvalue weighted by Crippen LogP contribution is 2.42. The summed E-state index contributed by atoms with van der Waals surface area (Å²) in [6, 6.07) is 6.47. The van der Waals surface area contributed by atoms with Gasteiger partial charge in [-0.25, -0.2) is 0 Å². The predicted molar refractivity (Wildman–Crippen MR) is 96.8 cm³/mol. The average molecular weight is 414 g/mol. The lowest BCUT2D eigenvalue weighted by Crippen LogP contribution is -2.45. The van der Waals surface area contributed by atoms with E-state index >= 15 is 0 Å². The van der Waals surface area contributed by atoms with E-state index in [-0.39, 0.29) is 11.5 Å². The minimum atomic E-state index is -4.04. The molecule has 28 heavy (non-hydrogen) atoms. The normalized spacial score (nSPS) is 36.5. The number of ether oxygens (including phenoxy) is 5. The van der Waals surface area contributed by atoms with Crippen molar-refractivity contribution in [2.45, 2.75) is 81.8 Å². The van der Waals surface area contributed by atoms with Crippen molar-refractivity contribution in [1.82, 2.24) is 0 Å². The molecule has 1 aromatic rings. The van der Waals surface area contributed by atoms with Crippen molar-refractivity contribution >= 4 is 10.1 Å². The standard InChI is InChI=1S/C19H26O8S/c1-11-6-8-12(9-7-11)28(20,21)27-15-14(13-10-22-18(2,3)24-13)23-17-16(15)25-19(4,5)26-17/h6-9,13-17H,10H2,1-5H3/t13-,14-,15+,16-,17+/m0/s1. The first-order valence-corrected chi connectivity index (χ1v) is 10.7. The zero-order chi connectivity index (χ0) is 20.3. The van der Waals surface area contributed by atoms with E-state index in [4.69, 9.17) is 27.9 Å². The fraction of sp³-hybridized carbons (Fsp3) is 0.684. The van der Waals surface area contributed by atoms with Crippen molar-refractivity contribution in [2.75, 3.05) is 6.61 Å². The lowest BCUT2D eigenvalue weighted by Gasteiger charge is -2.28. The molecule has 0 aromatic heterocycles. The van der Waals surface area contributed by atoms with Crippen LogP contribution in [-0.4, -0.2) is 57.3 Å². The Morgan fingerprint density at radius 3 is 2.25 bits per heavy atom. The number of rotatable bonds is 4. The van der Waals surface area contributed by atoms with Gasteiger partial charge in [-0.1, -0.05) is 17.7 Å². The Morgan fingerprint density at radius 1 is 0.964 bits per heavy atom. The fourth-order valence-electron chi connectivity index (χ4n) is 3.70. The molecule has 5 atom stereocenters. The molecule has 3 fully saturated rings. The van der Waals surface area contributed by atoms with Crippen LogP contribution in [0.5, 0.6) is 0 Å². The molecular formula is C19H26O8S. The molecule has 8 nitrogen and oxygen atoms in total. The van der Waals surface area contributed by atoms with Gasteiger partial charge in [0.05, 0.1) is 11.5 Å². The Hall–Kier alpha value is -1.07. The first-order chi connectivity index (χ1) is 13.0. The van der Waals surface area contributed by atoms with Crippen LogP contribution >= 0.6 is 0 Å². The maximum absolute atomic E-state index is 12.9. The van der Waals surface area contributed by atoms with E-state index in [2.05, 4.69) is 0 Å². The molecule has 3 aliphatic heterocycles. The van der Waals surface area contributed by atoms with Gasteiger partial charge in [0, 0.05) is 0 Å². The summed E-state index contributed by atoms with van der Waals surface area (Å²) in [6.07, 6.45) is -3.60. The zero-order valence-corrected chi connectivity index (χ0v) is 17.4. The second kappa shape index (κ2) is 6.73. The van der Waals surface area contributed by atoms with Gasteiger partial charge in [-0.15, -0.1) is 0 Å². The van der Waals surface area contributed by atoms with Gasteiger partial charge in [-0.05, 0) is 46.8 Å². The van der Waals surface area contributed by atoms with E-state index in [1.165, 1.54) is 12.1 Å². The van der Waals surface area contributed by atoms with Gasteiger partial charge in [0.2, 0.25) is 0 Å². The topological polar surface area (TPSA) is 89.5 Å². The summed E-state index contributed by atoms with van der Waals surface area (Å²) in [7, 11) is -4.04. The lowest BCUT2D eigenvalue weighted by molar-refractivity contribution is -0.230. The van der Waals surface area contributed by atoms with Gasteiger partial charge in [-0.3, -0.25) is 4.18 Å². The molecule has 1 aromatic carbocycles. The van der Waals surface area contributed by atoms with Crippen molar-refractivity contribution in [3.05, 3.63) is 29.8 Å².